The molecule has 1 aromatic rings. The van der Waals surface area contributed by atoms with Crippen LogP contribution in [-0.4, -0.2) is 27.2 Å². The van der Waals surface area contributed by atoms with E-state index in [9.17, 15) is 9.59 Å². The SMILES string of the molecule is CC(C)Nc1ncc(N)c(=O)n1CC(=O)OC(C)(C)C. The Kier molecular flexibility index (Phi) is 4.75. The van der Waals surface area contributed by atoms with Crippen LogP contribution in [0.2, 0.25) is 0 Å². The summed E-state index contributed by atoms with van der Waals surface area (Å²) < 4.78 is 6.39. The van der Waals surface area contributed by atoms with Crippen molar-refractivity contribution in [3.8, 4) is 0 Å². The smallest absolute Gasteiger partial charge is 0.326 e. The van der Waals surface area contributed by atoms with Gasteiger partial charge in [0.2, 0.25) is 5.95 Å². The molecular formula is C13H22N4O3. The average Bonchev–Trinajstić information content (AvgIpc) is 2.25. The molecule has 0 aromatic carbocycles. The third kappa shape index (κ3) is 4.56. The molecule has 0 aliphatic carbocycles. The van der Waals surface area contributed by atoms with Gasteiger partial charge in [-0.15, -0.1) is 0 Å². The fraction of sp³-hybridized carbons (Fsp3) is 0.615. The minimum absolute atomic E-state index is 0.0112. The maximum atomic E-state index is 12.0. The topological polar surface area (TPSA) is 99.2 Å². The molecule has 7 nitrogen and oxygen atoms in total. The number of nitrogens with zero attached hydrogens (tertiary/aromatic N) is 2. The van der Waals surface area contributed by atoms with Crippen molar-refractivity contribution < 1.29 is 9.53 Å². The van der Waals surface area contributed by atoms with Crippen LogP contribution in [0, 0.1) is 0 Å². The van der Waals surface area contributed by atoms with Crippen LogP contribution < -0.4 is 16.6 Å². The quantitative estimate of drug-likeness (QED) is 0.799. The highest BCUT2D eigenvalue weighted by Crippen LogP contribution is 2.09. The molecule has 0 radical (unpaired) electrons. The van der Waals surface area contributed by atoms with Crippen LogP contribution in [0.1, 0.15) is 34.6 Å². The summed E-state index contributed by atoms with van der Waals surface area (Å²) in [5.41, 5.74) is 4.46. The lowest BCUT2D eigenvalue weighted by Gasteiger charge is -2.21. The van der Waals surface area contributed by atoms with E-state index in [1.165, 1.54) is 10.8 Å². The molecule has 3 N–H and O–H groups in total. The van der Waals surface area contributed by atoms with E-state index in [4.69, 9.17) is 10.5 Å². The van der Waals surface area contributed by atoms with Crippen LogP contribution in [0.3, 0.4) is 0 Å². The Hall–Kier alpha value is -2.05. The lowest BCUT2D eigenvalue weighted by Crippen LogP contribution is -2.34. The zero-order chi connectivity index (χ0) is 15.5. The number of nitrogen functional groups attached to an aromatic ring is 1. The maximum Gasteiger partial charge on any atom is 0.326 e. The normalized spacial score (nSPS) is 11.5. The van der Waals surface area contributed by atoms with Gasteiger partial charge in [0, 0.05) is 6.04 Å². The molecule has 0 atom stereocenters. The molecule has 0 aliphatic heterocycles. The van der Waals surface area contributed by atoms with E-state index in [2.05, 4.69) is 10.3 Å². The van der Waals surface area contributed by atoms with Gasteiger partial charge in [-0.3, -0.25) is 14.2 Å². The molecule has 112 valence electrons. The Bertz CT molecular complexity index is 544. The number of esters is 1. The minimum Gasteiger partial charge on any atom is -0.459 e. The summed E-state index contributed by atoms with van der Waals surface area (Å²) in [7, 11) is 0. The Labute approximate surface area is 118 Å². The van der Waals surface area contributed by atoms with Gasteiger partial charge in [0.15, 0.2) is 0 Å². The largest absolute Gasteiger partial charge is 0.459 e. The van der Waals surface area contributed by atoms with Crippen molar-refractivity contribution in [2.45, 2.75) is 52.8 Å². The Morgan fingerprint density at radius 2 is 2.10 bits per heavy atom. The van der Waals surface area contributed by atoms with Crippen LogP contribution >= 0.6 is 0 Å². The van der Waals surface area contributed by atoms with Crippen molar-refractivity contribution in [1.82, 2.24) is 9.55 Å². The molecule has 1 heterocycles. The van der Waals surface area contributed by atoms with Crippen molar-refractivity contribution in [3.63, 3.8) is 0 Å². The van der Waals surface area contributed by atoms with E-state index in [1.807, 2.05) is 13.8 Å². The Balaban J connectivity index is 3.06. The zero-order valence-corrected chi connectivity index (χ0v) is 12.6. The molecule has 1 rings (SSSR count). The van der Waals surface area contributed by atoms with Gasteiger partial charge in [-0.1, -0.05) is 0 Å². The van der Waals surface area contributed by atoms with E-state index in [0.29, 0.717) is 5.95 Å². The van der Waals surface area contributed by atoms with Crippen LogP contribution in [0.4, 0.5) is 11.6 Å². The molecule has 0 unspecified atom stereocenters. The highest BCUT2D eigenvalue weighted by Gasteiger charge is 2.19. The average molecular weight is 282 g/mol. The number of ether oxygens (including phenoxy) is 1. The summed E-state index contributed by atoms with van der Waals surface area (Å²) in [6, 6.07) is 0.0652. The number of hydrogen-bond acceptors (Lipinski definition) is 6. The molecule has 0 aliphatic rings. The van der Waals surface area contributed by atoms with Crippen molar-refractivity contribution in [2.24, 2.45) is 0 Å². The van der Waals surface area contributed by atoms with Crippen LogP contribution in [0.15, 0.2) is 11.0 Å². The summed E-state index contributed by atoms with van der Waals surface area (Å²) in [6.45, 7) is 8.86. The van der Waals surface area contributed by atoms with Crippen molar-refractivity contribution in [1.29, 1.82) is 0 Å². The van der Waals surface area contributed by atoms with Gasteiger partial charge >= 0.3 is 5.97 Å². The predicted molar refractivity (Wildman–Crippen MR) is 77.5 cm³/mol. The van der Waals surface area contributed by atoms with Crippen molar-refractivity contribution in [2.75, 3.05) is 11.1 Å². The zero-order valence-electron chi connectivity index (χ0n) is 12.6. The van der Waals surface area contributed by atoms with Gasteiger partial charge < -0.3 is 15.8 Å². The summed E-state index contributed by atoms with van der Waals surface area (Å²) in [5, 5.41) is 3.00. The minimum atomic E-state index is -0.611. The second kappa shape index (κ2) is 5.94. The van der Waals surface area contributed by atoms with Crippen molar-refractivity contribution in [3.05, 3.63) is 16.6 Å². The Morgan fingerprint density at radius 1 is 1.50 bits per heavy atom. The van der Waals surface area contributed by atoms with Gasteiger partial charge in [-0.2, -0.15) is 0 Å². The lowest BCUT2D eigenvalue weighted by molar-refractivity contribution is -0.155. The summed E-state index contributed by atoms with van der Waals surface area (Å²) in [5.74, 6) is -0.219. The summed E-state index contributed by atoms with van der Waals surface area (Å²) in [6.07, 6.45) is 1.28. The van der Waals surface area contributed by atoms with Crippen LogP contribution in [0.5, 0.6) is 0 Å². The third-order valence-corrected chi connectivity index (χ3v) is 2.20. The van der Waals surface area contributed by atoms with E-state index >= 15 is 0 Å². The lowest BCUT2D eigenvalue weighted by atomic mass is 10.2. The van der Waals surface area contributed by atoms with Crippen LogP contribution in [0.25, 0.3) is 0 Å². The molecule has 0 spiro atoms. The third-order valence-electron chi connectivity index (χ3n) is 2.20. The van der Waals surface area contributed by atoms with E-state index < -0.39 is 17.1 Å². The standard InChI is InChI=1S/C13H22N4O3/c1-8(2)16-12-15-6-9(14)11(19)17(12)7-10(18)20-13(3,4)5/h6,8H,7,14H2,1-5H3,(H,15,16). The molecule has 0 amide bonds. The number of nitrogens with one attached hydrogen (secondary N) is 1. The molecule has 1 aromatic heterocycles. The number of rotatable bonds is 4. The molecule has 0 fully saturated rings. The fourth-order valence-electron chi connectivity index (χ4n) is 1.53. The number of aromatic nitrogens is 2. The molecule has 0 bridgehead atoms. The molecule has 7 heteroatoms. The first-order valence-electron chi connectivity index (χ1n) is 6.44. The van der Waals surface area contributed by atoms with Gasteiger partial charge in [-0.05, 0) is 34.6 Å². The Morgan fingerprint density at radius 3 is 2.60 bits per heavy atom. The summed E-state index contributed by atoms with van der Waals surface area (Å²) >= 11 is 0. The van der Waals surface area contributed by atoms with Gasteiger partial charge in [0.05, 0.1) is 6.20 Å². The van der Waals surface area contributed by atoms with Gasteiger partial charge in [0.1, 0.15) is 17.8 Å². The number of carbonyl (C=O) groups is 1. The van der Waals surface area contributed by atoms with E-state index in [-0.39, 0.29) is 18.3 Å². The summed E-state index contributed by atoms with van der Waals surface area (Å²) in [4.78, 5) is 27.9. The first-order chi connectivity index (χ1) is 9.10. The van der Waals surface area contributed by atoms with E-state index in [0.717, 1.165) is 0 Å². The fourth-order valence-corrected chi connectivity index (χ4v) is 1.53. The second-order valence-electron chi connectivity index (χ2n) is 5.81. The van der Waals surface area contributed by atoms with Gasteiger partial charge in [-0.25, -0.2) is 4.98 Å². The second-order valence-corrected chi connectivity index (χ2v) is 5.81. The number of anilines is 2. The van der Waals surface area contributed by atoms with Crippen molar-refractivity contribution >= 4 is 17.6 Å². The van der Waals surface area contributed by atoms with Gasteiger partial charge in [0.25, 0.3) is 5.56 Å². The molecule has 20 heavy (non-hydrogen) atoms. The number of nitrogens with two attached hydrogens (primary N) is 1. The van der Waals surface area contributed by atoms with E-state index in [1.54, 1.807) is 20.8 Å². The first-order valence-corrected chi connectivity index (χ1v) is 6.44. The highest BCUT2D eigenvalue weighted by atomic mass is 16.6. The number of carbonyl (C=O) groups excluding carboxylic acids is 1. The molecule has 0 saturated carbocycles. The predicted octanol–water partition coefficient (Wildman–Crippen LogP) is 0.987. The number of hydrogen-bond donors (Lipinski definition) is 2. The maximum absolute atomic E-state index is 12.0. The highest BCUT2D eigenvalue weighted by molar-refractivity contribution is 5.70. The molecular weight excluding hydrogens is 260 g/mol. The first kappa shape index (κ1) is 16.0. The molecule has 0 saturated heterocycles. The van der Waals surface area contributed by atoms with Crippen LogP contribution in [-0.2, 0) is 16.1 Å². The monoisotopic (exact) mass is 282 g/mol.